The topological polar surface area (TPSA) is 68.3 Å². The molecule has 1 saturated heterocycles. The zero-order chi connectivity index (χ0) is 20.2. The van der Waals surface area contributed by atoms with Gasteiger partial charge in [0.25, 0.3) is 0 Å². The second-order valence-electron chi connectivity index (χ2n) is 7.51. The highest BCUT2D eigenvalue weighted by Gasteiger charge is 2.26. The zero-order valence-electron chi connectivity index (χ0n) is 16.5. The minimum Gasteiger partial charge on any atom is -0.619 e. The first-order chi connectivity index (χ1) is 14.1. The van der Waals surface area contributed by atoms with E-state index in [-0.39, 0.29) is 12.1 Å². The minimum atomic E-state index is -0.101. The Labute approximate surface area is 170 Å². The molecule has 1 fully saturated rings. The van der Waals surface area contributed by atoms with Crippen LogP contribution in [0.25, 0.3) is 11.3 Å². The summed E-state index contributed by atoms with van der Waals surface area (Å²) in [5.74, 6) is 0. The molecule has 1 aliphatic rings. The van der Waals surface area contributed by atoms with Crippen molar-refractivity contribution in [1.82, 2.24) is 19.4 Å². The smallest absolute Gasteiger partial charge is 0.329 e. The van der Waals surface area contributed by atoms with Crippen molar-refractivity contribution in [2.45, 2.75) is 25.4 Å². The lowest BCUT2D eigenvalue weighted by atomic mass is 10.0. The first-order valence-corrected chi connectivity index (χ1v) is 9.87. The third-order valence-corrected chi connectivity index (χ3v) is 5.53. The quantitative estimate of drug-likeness (QED) is 0.507. The highest BCUT2D eigenvalue weighted by atomic mass is 16.5. The Morgan fingerprint density at radius 3 is 2.69 bits per heavy atom. The summed E-state index contributed by atoms with van der Waals surface area (Å²) in [6.07, 6.45) is 7.96. The van der Waals surface area contributed by atoms with Crippen molar-refractivity contribution in [1.29, 1.82) is 0 Å². The molecular weight excluding hydrogens is 366 g/mol. The third kappa shape index (κ3) is 4.46. The molecule has 7 heteroatoms. The minimum absolute atomic E-state index is 0.101. The molecule has 7 nitrogen and oxygen atoms in total. The Morgan fingerprint density at radius 1 is 1.21 bits per heavy atom. The highest BCUT2D eigenvalue weighted by Crippen LogP contribution is 2.20. The van der Waals surface area contributed by atoms with Gasteiger partial charge in [-0.25, -0.2) is 9.78 Å². The largest absolute Gasteiger partial charge is 0.619 e. The zero-order valence-corrected chi connectivity index (χ0v) is 16.5. The number of amides is 1. The van der Waals surface area contributed by atoms with E-state index in [4.69, 9.17) is 0 Å². The monoisotopic (exact) mass is 391 g/mol. The lowest BCUT2D eigenvalue weighted by Gasteiger charge is -2.36. The van der Waals surface area contributed by atoms with Gasteiger partial charge in [-0.15, -0.1) is 0 Å². The van der Waals surface area contributed by atoms with Crippen LogP contribution < -0.4 is 4.73 Å². The molecule has 0 saturated carbocycles. The summed E-state index contributed by atoms with van der Waals surface area (Å²) in [5, 5.41) is 11.5. The van der Waals surface area contributed by atoms with Gasteiger partial charge in [-0.1, -0.05) is 30.3 Å². The van der Waals surface area contributed by atoms with Crippen LogP contribution in [0.3, 0.4) is 0 Å². The number of carbonyl (C=O) groups is 1. The van der Waals surface area contributed by atoms with Crippen LogP contribution in [0, 0.1) is 5.21 Å². The van der Waals surface area contributed by atoms with Crippen LogP contribution >= 0.6 is 0 Å². The number of hydrogen-bond acceptors (Lipinski definition) is 4. The maximum atomic E-state index is 12.9. The van der Waals surface area contributed by atoms with Gasteiger partial charge in [0.15, 0.2) is 12.4 Å². The summed E-state index contributed by atoms with van der Waals surface area (Å²) < 4.78 is 2.22. The Balaban J connectivity index is 1.35. The van der Waals surface area contributed by atoms with E-state index in [1.807, 2.05) is 18.0 Å². The molecule has 3 aromatic rings. The lowest BCUT2D eigenvalue weighted by molar-refractivity contribution is -0.604. The summed E-state index contributed by atoms with van der Waals surface area (Å²) in [6.45, 7) is 2.90. The van der Waals surface area contributed by atoms with Gasteiger partial charge in [-0.3, -0.25) is 9.47 Å². The van der Waals surface area contributed by atoms with Crippen LogP contribution in [0.15, 0.2) is 67.4 Å². The second-order valence-corrected chi connectivity index (χ2v) is 7.51. The number of pyridine rings is 1. The summed E-state index contributed by atoms with van der Waals surface area (Å²) in [5.41, 5.74) is 2.61. The van der Waals surface area contributed by atoms with Gasteiger partial charge in [0.2, 0.25) is 0 Å². The fourth-order valence-electron chi connectivity index (χ4n) is 3.83. The number of imidazole rings is 1. The summed E-state index contributed by atoms with van der Waals surface area (Å²) in [6, 6.07) is 14.1. The molecule has 0 N–H and O–H groups in total. The van der Waals surface area contributed by atoms with Crippen molar-refractivity contribution in [2.75, 3.05) is 20.1 Å². The SMILES string of the molecule is CN(C(=O)n1cnc(-c2ccc[n+]([O-])c2)c1)C1CCN(Cc2ccccc2)CC1. The molecule has 4 rings (SSSR count). The Morgan fingerprint density at radius 2 is 1.97 bits per heavy atom. The number of rotatable bonds is 4. The maximum absolute atomic E-state index is 12.9. The molecule has 0 unspecified atom stereocenters. The van der Waals surface area contributed by atoms with E-state index in [9.17, 15) is 10.0 Å². The molecule has 1 amide bonds. The number of piperidine rings is 1. The standard InChI is InChI=1S/C22H25N5O2/c1-24(20-9-12-25(13-10-20)14-18-6-3-2-4-7-18)22(28)26-16-21(23-17-26)19-8-5-11-27(29)15-19/h2-8,11,15-17,20H,9-10,12-14H2,1H3. The van der Waals surface area contributed by atoms with Crippen molar-refractivity contribution >= 4 is 6.03 Å². The Bertz CT molecular complexity index is 964. The summed E-state index contributed by atoms with van der Waals surface area (Å²) >= 11 is 0. The predicted octanol–water partition coefficient (Wildman–Crippen LogP) is 2.75. The van der Waals surface area contributed by atoms with E-state index in [0.29, 0.717) is 11.3 Å². The molecule has 1 aliphatic heterocycles. The molecule has 0 bridgehead atoms. The van der Waals surface area contributed by atoms with Gasteiger partial charge in [0.05, 0.1) is 11.3 Å². The Kier molecular flexibility index (Phi) is 5.57. The van der Waals surface area contributed by atoms with E-state index in [1.165, 1.54) is 28.9 Å². The molecule has 0 spiro atoms. The van der Waals surface area contributed by atoms with E-state index in [0.717, 1.165) is 37.2 Å². The van der Waals surface area contributed by atoms with Crippen molar-refractivity contribution in [2.24, 2.45) is 0 Å². The van der Waals surface area contributed by atoms with E-state index < -0.39 is 0 Å². The molecule has 2 aromatic heterocycles. The second kappa shape index (κ2) is 8.45. The van der Waals surface area contributed by atoms with Gasteiger partial charge >= 0.3 is 6.03 Å². The number of benzene rings is 1. The maximum Gasteiger partial charge on any atom is 0.329 e. The molecule has 0 atom stereocenters. The van der Waals surface area contributed by atoms with E-state index in [1.54, 1.807) is 18.3 Å². The normalized spacial score (nSPS) is 15.3. The van der Waals surface area contributed by atoms with Gasteiger partial charge in [0.1, 0.15) is 6.33 Å². The van der Waals surface area contributed by atoms with Crippen LogP contribution in [0.2, 0.25) is 0 Å². The van der Waals surface area contributed by atoms with Crippen LogP contribution in [0.4, 0.5) is 4.79 Å². The fourth-order valence-corrected chi connectivity index (χ4v) is 3.83. The lowest BCUT2D eigenvalue weighted by Crippen LogP contribution is -2.46. The van der Waals surface area contributed by atoms with E-state index >= 15 is 0 Å². The molecule has 3 heterocycles. The molecule has 150 valence electrons. The number of nitrogens with zero attached hydrogens (tertiary/aromatic N) is 5. The summed E-state index contributed by atoms with van der Waals surface area (Å²) in [4.78, 5) is 21.4. The first kappa shape index (κ1) is 19.1. The number of aromatic nitrogens is 3. The first-order valence-electron chi connectivity index (χ1n) is 9.87. The Hall–Kier alpha value is -3.19. The third-order valence-electron chi connectivity index (χ3n) is 5.53. The van der Waals surface area contributed by atoms with Crippen molar-refractivity contribution in [3.8, 4) is 11.3 Å². The number of carbonyl (C=O) groups excluding carboxylic acids is 1. The molecule has 0 aliphatic carbocycles. The average molecular weight is 391 g/mol. The van der Waals surface area contributed by atoms with Crippen molar-refractivity contribution in [3.05, 3.63) is 78.2 Å². The van der Waals surface area contributed by atoms with E-state index in [2.05, 4.69) is 34.1 Å². The molecule has 0 radical (unpaired) electrons. The molecule has 1 aromatic carbocycles. The van der Waals surface area contributed by atoms with Gasteiger partial charge in [0, 0.05) is 45.0 Å². The fraction of sp³-hybridized carbons (Fsp3) is 0.318. The van der Waals surface area contributed by atoms with Crippen molar-refractivity contribution in [3.63, 3.8) is 0 Å². The van der Waals surface area contributed by atoms with Crippen LogP contribution in [-0.2, 0) is 6.54 Å². The summed E-state index contributed by atoms with van der Waals surface area (Å²) in [7, 11) is 1.85. The van der Waals surface area contributed by atoms with Crippen LogP contribution in [-0.4, -0.2) is 51.6 Å². The molecule has 29 heavy (non-hydrogen) atoms. The van der Waals surface area contributed by atoms with Crippen LogP contribution in [0.5, 0.6) is 0 Å². The van der Waals surface area contributed by atoms with Gasteiger partial charge in [-0.2, -0.15) is 4.73 Å². The van der Waals surface area contributed by atoms with Gasteiger partial charge in [-0.05, 0) is 24.5 Å². The number of hydrogen-bond donors (Lipinski definition) is 0. The highest BCUT2D eigenvalue weighted by molar-refractivity contribution is 5.78. The number of likely N-dealkylation sites (tertiary alicyclic amines) is 1. The molecular formula is C22H25N5O2. The van der Waals surface area contributed by atoms with Crippen LogP contribution in [0.1, 0.15) is 18.4 Å². The van der Waals surface area contributed by atoms with Gasteiger partial charge < -0.3 is 10.1 Å². The average Bonchev–Trinajstić information content (AvgIpc) is 3.24. The predicted molar refractivity (Wildman–Crippen MR) is 110 cm³/mol. The van der Waals surface area contributed by atoms with Crippen molar-refractivity contribution < 1.29 is 9.52 Å².